The van der Waals surface area contributed by atoms with Crippen molar-refractivity contribution < 1.29 is 0 Å². The zero-order chi connectivity index (χ0) is 11.4. The molecule has 0 spiro atoms. The van der Waals surface area contributed by atoms with Gasteiger partial charge in [-0.1, -0.05) is 6.92 Å². The van der Waals surface area contributed by atoms with Crippen LogP contribution in [0.2, 0.25) is 0 Å². The molecule has 3 nitrogen and oxygen atoms in total. The highest BCUT2D eigenvalue weighted by Gasteiger charge is 2.11. The first kappa shape index (κ1) is 12.7. The molecule has 0 aliphatic carbocycles. The fourth-order valence-corrected chi connectivity index (χ4v) is 2.29. The van der Waals surface area contributed by atoms with E-state index in [1.54, 1.807) is 0 Å². The van der Waals surface area contributed by atoms with Crippen LogP contribution in [0.25, 0.3) is 0 Å². The predicted octanol–water partition coefficient (Wildman–Crippen LogP) is 2.42. The maximum atomic E-state index is 4.38. The number of aryl methyl sites for hydroxylation is 2. The summed E-state index contributed by atoms with van der Waals surface area (Å²) < 4.78 is 3.13. The molecule has 1 rings (SSSR count). The van der Waals surface area contributed by atoms with E-state index in [-0.39, 0.29) is 0 Å². The second-order valence-electron chi connectivity index (χ2n) is 3.97. The van der Waals surface area contributed by atoms with Gasteiger partial charge in [-0.3, -0.25) is 4.68 Å². The lowest BCUT2D eigenvalue weighted by Crippen LogP contribution is -2.26. The van der Waals surface area contributed by atoms with E-state index in [0.717, 1.165) is 29.6 Å². The van der Waals surface area contributed by atoms with Gasteiger partial charge in [0, 0.05) is 13.1 Å². The van der Waals surface area contributed by atoms with Crippen LogP contribution in [0.4, 0.5) is 0 Å². The Balaban J connectivity index is 2.57. The third-order valence-corrected chi connectivity index (χ3v) is 3.66. The maximum Gasteiger partial charge on any atom is 0.0738 e. The molecule has 0 amide bonds. The van der Waals surface area contributed by atoms with Gasteiger partial charge in [0.05, 0.1) is 15.9 Å². The largest absolute Gasteiger partial charge is 0.315 e. The van der Waals surface area contributed by atoms with Gasteiger partial charge in [-0.2, -0.15) is 5.10 Å². The minimum atomic E-state index is 0.567. The van der Waals surface area contributed by atoms with Crippen molar-refractivity contribution in [3.8, 4) is 0 Å². The minimum Gasteiger partial charge on any atom is -0.315 e. The summed E-state index contributed by atoms with van der Waals surface area (Å²) in [6.07, 6.45) is 2.21. The second kappa shape index (κ2) is 5.66. The Kier molecular flexibility index (Phi) is 4.80. The summed E-state index contributed by atoms with van der Waals surface area (Å²) in [5.74, 6) is 0. The fourth-order valence-electron chi connectivity index (χ4n) is 1.76. The van der Waals surface area contributed by atoms with Crippen LogP contribution in [0.5, 0.6) is 0 Å². The Morgan fingerprint density at radius 2 is 2.20 bits per heavy atom. The molecule has 1 N–H and O–H groups in total. The number of nitrogens with one attached hydrogen (secondary N) is 1. The van der Waals surface area contributed by atoms with E-state index < -0.39 is 0 Å². The van der Waals surface area contributed by atoms with Crippen molar-refractivity contribution in [3.05, 3.63) is 15.9 Å². The van der Waals surface area contributed by atoms with Crippen molar-refractivity contribution in [2.45, 2.75) is 39.7 Å². The predicted molar refractivity (Wildman–Crippen MR) is 67.1 cm³/mol. The summed E-state index contributed by atoms with van der Waals surface area (Å²) in [5.41, 5.74) is 2.36. The Bertz CT molecular complexity index is 320. The molecular weight excluding hydrogens is 254 g/mol. The van der Waals surface area contributed by atoms with Crippen LogP contribution in [-0.4, -0.2) is 22.4 Å². The summed E-state index contributed by atoms with van der Waals surface area (Å²) in [7, 11) is 2.00. The highest BCUT2D eigenvalue weighted by Crippen LogP contribution is 2.21. The van der Waals surface area contributed by atoms with Crippen molar-refractivity contribution >= 4 is 15.9 Å². The van der Waals surface area contributed by atoms with Gasteiger partial charge in [0.1, 0.15) is 0 Å². The SMILES string of the molecule is CCNC(C)CCc1c(Br)c(C)nn1C. The van der Waals surface area contributed by atoms with Crippen LogP contribution in [0, 0.1) is 6.92 Å². The van der Waals surface area contributed by atoms with Gasteiger partial charge in [0.2, 0.25) is 0 Å². The fraction of sp³-hybridized carbons (Fsp3) is 0.727. The van der Waals surface area contributed by atoms with Crippen molar-refractivity contribution in [1.29, 1.82) is 0 Å². The van der Waals surface area contributed by atoms with E-state index in [9.17, 15) is 0 Å². The molecule has 0 aliphatic heterocycles. The highest BCUT2D eigenvalue weighted by atomic mass is 79.9. The number of aromatic nitrogens is 2. The van der Waals surface area contributed by atoms with Gasteiger partial charge in [0.15, 0.2) is 0 Å². The number of hydrogen-bond donors (Lipinski definition) is 1. The normalized spacial score (nSPS) is 13.1. The second-order valence-corrected chi connectivity index (χ2v) is 4.76. The molecule has 0 aliphatic rings. The quantitative estimate of drug-likeness (QED) is 0.893. The monoisotopic (exact) mass is 273 g/mol. The molecular formula is C11H20BrN3. The van der Waals surface area contributed by atoms with Gasteiger partial charge in [0.25, 0.3) is 0 Å². The summed E-state index contributed by atoms with van der Waals surface area (Å²) in [4.78, 5) is 0. The van der Waals surface area contributed by atoms with Crippen LogP contribution >= 0.6 is 15.9 Å². The number of hydrogen-bond acceptors (Lipinski definition) is 2. The van der Waals surface area contributed by atoms with E-state index in [4.69, 9.17) is 0 Å². The van der Waals surface area contributed by atoms with Gasteiger partial charge < -0.3 is 5.32 Å². The molecule has 1 unspecified atom stereocenters. The minimum absolute atomic E-state index is 0.567. The zero-order valence-corrected chi connectivity index (χ0v) is 11.6. The van der Waals surface area contributed by atoms with Crippen LogP contribution in [0.15, 0.2) is 4.47 Å². The molecule has 15 heavy (non-hydrogen) atoms. The summed E-state index contributed by atoms with van der Waals surface area (Å²) in [6.45, 7) is 7.43. The molecule has 1 aromatic heterocycles. The van der Waals surface area contributed by atoms with E-state index in [0.29, 0.717) is 6.04 Å². The highest BCUT2D eigenvalue weighted by molar-refractivity contribution is 9.10. The van der Waals surface area contributed by atoms with Crippen LogP contribution < -0.4 is 5.32 Å². The van der Waals surface area contributed by atoms with Crippen LogP contribution in [-0.2, 0) is 13.5 Å². The smallest absolute Gasteiger partial charge is 0.0738 e. The summed E-state index contributed by atoms with van der Waals surface area (Å²) >= 11 is 3.59. The molecule has 0 aromatic carbocycles. The first-order valence-electron chi connectivity index (χ1n) is 5.47. The number of rotatable bonds is 5. The van der Waals surface area contributed by atoms with Gasteiger partial charge in [-0.05, 0) is 49.2 Å². The summed E-state index contributed by atoms with van der Waals surface area (Å²) in [6, 6.07) is 0.567. The van der Waals surface area contributed by atoms with Gasteiger partial charge in [-0.25, -0.2) is 0 Å². The maximum absolute atomic E-state index is 4.38. The Morgan fingerprint density at radius 3 is 2.67 bits per heavy atom. The van der Waals surface area contributed by atoms with E-state index in [2.05, 4.69) is 40.2 Å². The standard InChI is InChI=1S/C11H20BrN3/c1-5-13-8(2)6-7-10-11(12)9(3)14-15(10)4/h8,13H,5-7H2,1-4H3. The lowest BCUT2D eigenvalue weighted by atomic mass is 10.1. The molecule has 0 fully saturated rings. The third-order valence-electron chi connectivity index (χ3n) is 2.63. The zero-order valence-electron chi connectivity index (χ0n) is 9.97. The van der Waals surface area contributed by atoms with Crippen molar-refractivity contribution in [3.63, 3.8) is 0 Å². The van der Waals surface area contributed by atoms with Gasteiger partial charge >= 0.3 is 0 Å². The van der Waals surface area contributed by atoms with Crippen molar-refractivity contribution in [1.82, 2.24) is 15.1 Å². The molecule has 1 heterocycles. The van der Waals surface area contributed by atoms with Crippen LogP contribution in [0.1, 0.15) is 31.7 Å². The van der Waals surface area contributed by atoms with Crippen molar-refractivity contribution in [2.75, 3.05) is 6.54 Å². The molecule has 0 saturated carbocycles. The lowest BCUT2D eigenvalue weighted by molar-refractivity contribution is 0.520. The average molecular weight is 274 g/mol. The Hall–Kier alpha value is -0.350. The Labute approximate surface area is 100 Å². The van der Waals surface area contributed by atoms with Gasteiger partial charge in [-0.15, -0.1) is 0 Å². The molecule has 86 valence electrons. The lowest BCUT2D eigenvalue weighted by Gasteiger charge is -2.12. The topological polar surface area (TPSA) is 29.9 Å². The molecule has 0 radical (unpaired) electrons. The van der Waals surface area contributed by atoms with E-state index in [1.807, 2.05) is 18.7 Å². The molecule has 0 saturated heterocycles. The first-order chi connectivity index (χ1) is 7.06. The summed E-state index contributed by atoms with van der Waals surface area (Å²) in [5, 5.41) is 7.80. The Morgan fingerprint density at radius 1 is 1.53 bits per heavy atom. The average Bonchev–Trinajstić information content (AvgIpc) is 2.40. The number of halogens is 1. The molecule has 4 heteroatoms. The molecule has 0 bridgehead atoms. The van der Waals surface area contributed by atoms with Crippen molar-refractivity contribution in [2.24, 2.45) is 7.05 Å². The van der Waals surface area contributed by atoms with E-state index >= 15 is 0 Å². The van der Waals surface area contributed by atoms with Crippen LogP contribution in [0.3, 0.4) is 0 Å². The third kappa shape index (κ3) is 3.31. The molecule has 1 atom stereocenters. The first-order valence-corrected chi connectivity index (χ1v) is 6.26. The number of nitrogens with zero attached hydrogens (tertiary/aromatic N) is 2. The van der Waals surface area contributed by atoms with E-state index in [1.165, 1.54) is 5.69 Å². The molecule has 1 aromatic rings.